The molecule has 0 bridgehead atoms. The number of hydrogen-bond acceptors (Lipinski definition) is 4. The number of nitrogens with zero attached hydrogens (tertiary/aromatic N) is 2. The van der Waals surface area contributed by atoms with Crippen LogP contribution in [0.3, 0.4) is 0 Å². The van der Waals surface area contributed by atoms with E-state index in [4.69, 9.17) is 0 Å². The van der Waals surface area contributed by atoms with E-state index in [1.54, 1.807) is 12.2 Å². The maximum absolute atomic E-state index is 11.9. The van der Waals surface area contributed by atoms with Crippen LogP contribution in [0.1, 0.15) is 36.1 Å². The summed E-state index contributed by atoms with van der Waals surface area (Å²) in [4.78, 5) is 8.80. The Morgan fingerprint density at radius 2 is 0.795 bits per heavy atom. The molecule has 0 saturated heterocycles. The summed E-state index contributed by atoms with van der Waals surface area (Å²) in [5, 5.41) is 23.9. The van der Waals surface area contributed by atoms with Gasteiger partial charge in [0.05, 0.1) is 13.1 Å². The molecule has 4 aromatic carbocycles. The summed E-state index contributed by atoms with van der Waals surface area (Å²) in [6, 6.07) is 38.5. The van der Waals surface area contributed by atoms with Crippen LogP contribution in [0.5, 0.6) is 0 Å². The molecule has 0 saturated carbocycles. The predicted molar refractivity (Wildman–Crippen MR) is 155 cm³/mol. The fraction of sp³-hybridized carbons (Fsp3) is 0.118. The van der Waals surface area contributed by atoms with Crippen molar-refractivity contribution in [2.45, 2.75) is 26.9 Å². The normalized spacial score (nSPS) is 12.2. The summed E-state index contributed by atoms with van der Waals surface area (Å²) in [6.07, 6.45) is 3.16. The van der Waals surface area contributed by atoms with E-state index in [2.05, 4.69) is 9.98 Å². The Hall–Kier alpha value is -4.21. The molecule has 0 aromatic heterocycles. The van der Waals surface area contributed by atoms with E-state index in [0.29, 0.717) is 24.2 Å². The van der Waals surface area contributed by atoms with Crippen molar-refractivity contribution in [1.82, 2.24) is 0 Å². The van der Waals surface area contributed by atoms with Crippen molar-refractivity contribution in [2.75, 3.05) is 0 Å². The van der Waals surface area contributed by atoms with Gasteiger partial charge in [0.25, 0.3) is 0 Å². The van der Waals surface area contributed by atoms with E-state index in [9.17, 15) is 10.2 Å². The Labute approximate surface area is 241 Å². The number of hydrogen-bond donors (Lipinski definition) is 0. The quantitative estimate of drug-likeness (QED) is 0.149. The summed E-state index contributed by atoms with van der Waals surface area (Å²) >= 11 is 0. The van der Waals surface area contributed by atoms with E-state index < -0.39 is 0 Å². The molecular weight excluding hydrogens is 527 g/mol. The molecule has 0 unspecified atom stereocenters. The Morgan fingerprint density at radius 1 is 0.513 bits per heavy atom. The molecule has 0 aliphatic carbocycles. The second-order valence-electron chi connectivity index (χ2n) is 8.64. The molecule has 0 aliphatic heterocycles. The molecule has 0 aliphatic rings. The first-order valence-corrected chi connectivity index (χ1v) is 12.5. The standard InChI is InChI=1S/2C17H17NO.Ni/c2*1-14(18-13-15-8-4-2-5-9-15)12-17(19)16-10-6-3-7-11-16;/h2*2-12,19H,13H2,1H3;/q;;+2/p-2/b2*17-12-,18-14?;. The zero-order valence-electron chi connectivity index (χ0n) is 22.1. The van der Waals surface area contributed by atoms with Crippen molar-refractivity contribution >= 4 is 22.9 Å². The van der Waals surface area contributed by atoms with Gasteiger partial charge >= 0.3 is 16.5 Å². The second kappa shape index (κ2) is 17.3. The minimum absolute atomic E-state index is 0. The minimum atomic E-state index is -0.00471. The van der Waals surface area contributed by atoms with Gasteiger partial charge in [0.15, 0.2) is 0 Å². The smallest absolute Gasteiger partial charge is 0.872 e. The van der Waals surface area contributed by atoms with Crippen molar-refractivity contribution in [3.05, 3.63) is 156 Å². The SMILES string of the molecule is CC(/C=C(\[O-])c1ccccc1)=NCc1ccccc1.CC(/C=C(\[O-])c1ccccc1)=NCc1ccccc1.[Ni+2]. The van der Waals surface area contributed by atoms with Crippen LogP contribution in [-0.4, -0.2) is 11.4 Å². The van der Waals surface area contributed by atoms with E-state index in [1.807, 2.05) is 135 Å². The number of allylic oxidation sites excluding steroid dienone is 2. The van der Waals surface area contributed by atoms with Crippen LogP contribution in [0.25, 0.3) is 11.5 Å². The van der Waals surface area contributed by atoms with Crippen LogP contribution in [0.2, 0.25) is 0 Å². The van der Waals surface area contributed by atoms with Crippen LogP contribution >= 0.6 is 0 Å². The fourth-order valence-corrected chi connectivity index (χ4v) is 3.44. The second-order valence-corrected chi connectivity index (χ2v) is 8.64. The van der Waals surface area contributed by atoms with Gasteiger partial charge in [-0.25, -0.2) is 0 Å². The molecule has 0 radical (unpaired) electrons. The summed E-state index contributed by atoms with van der Waals surface area (Å²) in [7, 11) is 0. The summed E-state index contributed by atoms with van der Waals surface area (Å²) in [6.45, 7) is 4.91. The molecule has 0 spiro atoms. The summed E-state index contributed by atoms with van der Waals surface area (Å²) < 4.78 is 0. The molecule has 0 atom stereocenters. The predicted octanol–water partition coefficient (Wildman–Crippen LogP) is 6.10. The Balaban J connectivity index is 0.000000267. The maximum Gasteiger partial charge on any atom is 2.00 e. The van der Waals surface area contributed by atoms with Crippen molar-refractivity contribution in [3.63, 3.8) is 0 Å². The molecular formula is C34H32N2NiO2. The van der Waals surface area contributed by atoms with Gasteiger partial charge in [-0.15, -0.1) is 0 Å². The third-order valence-corrected chi connectivity index (χ3v) is 5.50. The Morgan fingerprint density at radius 3 is 1.10 bits per heavy atom. The number of aliphatic imine (C=N–C) groups is 2. The average Bonchev–Trinajstić information content (AvgIpc) is 2.97. The molecule has 4 rings (SSSR count). The van der Waals surface area contributed by atoms with Crippen molar-refractivity contribution < 1.29 is 26.7 Å². The molecule has 200 valence electrons. The number of benzene rings is 4. The first kappa shape index (κ1) is 31.0. The van der Waals surface area contributed by atoms with E-state index in [-0.39, 0.29) is 28.0 Å². The summed E-state index contributed by atoms with van der Waals surface area (Å²) in [5.74, 6) is -0.00942. The van der Waals surface area contributed by atoms with Gasteiger partial charge in [-0.2, -0.15) is 0 Å². The van der Waals surface area contributed by atoms with Crippen molar-refractivity contribution in [3.8, 4) is 0 Å². The topological polar surface area (TPSA) is 70.8 Å². The van der Waals surface area contributed by atoms with Crippen molar-refractivity contribution in [2.24, 2.45) is 9.98 Å². The third kappa shape index (κ3) is 11.8. The zero-order chi connectivity index (χ0) is 27.0. The van der Waals surface area contributed by atoms with Crippen LogP contribution in [-0.2, 0) is 29.6 Å². The van der Waals surface area contributed by atoms with Gasteiger partial charge in [-0.3, -0.25) is 9.98 Å². The Bertz CT molecular complexity index is 1260. The van der Waals surface area contributed by atoms with E-state index in [1.165, 1.54) is 0 Å². The van der Waals surface area contributed by atoms with Gasteiger partial charge < -0.3 is 10.2 Å². The van der Waals surface area contributed by atoms with Crippen LogP contribution in [0.4, 0.5) is 0 Å². The van der Waals surface area contributed by atoms with Crippen molar-refractivity contribution in [1.29, 1.82) is 0 Å². The average molecular weight is 559 g/mol. The van der Waals surface area contributed by atoms with E-state index in [0.717, 1.165) is 22.6 Å². The van der Waals surface area contributed by atoms with Crippen LogP contribution in [0, 0.1) is 0 Å². The monoisotopic (exact) mass is 558 g/mol. The molecule has 0 heterocycles. The first-order valence-electron chi connectivity index (χ1n) is 12.5. The molecule has 5 heteroatoms. The largest absolute Gasteiger partial charge is 2.00 e. The number of rotatable bonds is 8. The molecule has 0 fully saturated rings. The molecule has 4 aromatic rings. The maximum atomic E-state index is 11.9. The third-order valence-electron chi connectivity index (χ3n) is 5.50. The van der Waals surface area contributed by atoms with Gasteiger partial charge in [-0.1, -0.05) is 133 Å². The minimum Gasteiger partial charge on any atom is -0.872 e. The van der Waals surface area contributed by atoms with Gasteiger partial charge in [0.2, 0.25) is 0 Å². The zero-order valence-corrected chi connectivity index (χ0v) is 23.1. The molecule has 0 amide bonds. The first-order chi connectivity index (χ1) is 18.5. The fourth-order valence-electron chi connectivity index (χ4n) is 3.44. The van der Waals surface area contributed by atoms with Gasteiger partial charge in [0.1, 0.15) is 0 Å². The van der Waals surface area contributed by atoms with Crippen LogP contribution in [0.15, 0.2) is 143 Å². The van der Waals surface area contributed by atoms with Gasteiger partial charge in [0, 0.05) is 11.4 Å². The molecule has 0 N–H and O–H groups in total. The Kier molecular flexibility index (Phi) is 13.8. The van der Waals surface area contributed by atoms with Gasteiger partial charge in [-0.05, 0) is 48.3 Å². The van der Waals surface area contributed by atoms with Crippen LogP contribution < -0.4 is 10.2 Å². The molecule has 4 nitrogen and oxygen atoms in total. The summed E-state index contributed by atoms with van der Waals surface area (Å²) in [5.41, 5.74) is 5.16. The van der Waals surface area contributed by atoms with E-state index >= 15 is 0 Å². The molecule has 39 heavy (non-hydrogen) atoms.